The average molecular weight is 279 g/mol. The zero-order valence-corrected chi connectivity index (χ0v) is 12.0. The molecule has 2 nitrogen and oxygen atoms in total. The van der Waals surface area contributed by atoms with E-state index in [0.29, 0.717) is 4.64 Å². The molecule has 1 aromatic heterocycles. The minimum Gasteiger partial charge on any atom is -0.347 e. The molecule has 2 rings (SSSR count). The molecule has 0 unspecified atom stereocenters. The molecule has 0 atom stereocenters. The number of benzene rings is 1. The van der Waals surface area contributed by atoms with Gasteiger partial charge in [0.1, 0.15) is 10.5 Å². The van der Waals surface area contributed by atoms with Crippen molar-refractivity contribution in [1.29, 1.82) is 0 Å². The fraction of sp³-hybridized carbons (Fsp3) is 0.286. The lowest BCUT2D eigenvalue weighted by Gasteiger charge is -2.08. The van der Waals surface area contributed by atoms with E-state index in [1.54, 1.807) is 0 Å². The van der Waals surface area contributed by atoms with Gasteiger partial charge in [0.25, 0.3) is 0 Å². The average Bonchev–Trinajstić information content (AvgIpc) is 2.33. The first kappa shape index (κ1) is 13.2. The van der Waals surface area contributed by atoms with Gasteiger partial charge in [0.2, 0.25) is 0 Å². The van der Waals surface area contributed by atoms with Crippen LogP contribution in [0.4, 0.5) is 0 Å². The van der Waals surface area contributed by atoms with Crippen molar-refractivity contribution in [3.8, 4) is 0 Å². The molecule has 1 heterocycles. The summed E-state index contributed by atoms with van der Waals surface area (Å²) in [7, 11) is 0. The number of H-pyrrole nitrogens is 1. The lowest BCUT2D eigenvalue weighted by Crippen LogP contribution is -2.03. The van der Waals surface area contributed by atoms with Gasteiger partial charge in [0, 0.05) is 22.7 Å². The fourth-order valence-electron chi connectivity index (χ4n) is 1.91. The predicted molar refractivity (Wildman–Crippen MR) is 77.8 cm³/mol. The van der Waals surface area contributed by atoms with E-state index in [2.05, 4.69) is 16.9 Å². The van der Waals surface area contributed by atoms with Crippen molar-refractivity contribution in [3.63, 3.8) is 0 Å². The van der Waals surface area contributed by atoms with Crippen molar-refractivity contribution in [1.82, 2.24) is 9.97 Å². The quantitative estimate of drug-likeness (QED) is 0.850. The van der Waals surface area contributed by atoms with Crippen LogP contribution in [-0.4, -0.2) is 9.97 Å². The Morgan fingerprint density at radius 3 is 2.83 bits per heavy atom. The van der Waals surface area contributed by atoms with Crippen LogP contribution < -0.4 is 0 Å². The summed E-state index contributed by atoms with van der Waals surface area (Å²) in [5, 5.41) is 0.744. The number of aromatic nitrogens is 2. The molecular formula is C14H15ClN2S. The van der Waals surface area contributed by atoms with Crippen LogP contribution in [0.2, 0.25) is 5.02 Å². The molecule has 0 aliphatic carbocycles. The Bertz CT molecular complexity index is 619. The zero-order valence-electron chi connectivity index (χ0n) is 10.5. The highest BCUT2D eigenvalue weighted by Gasteiger charge is 2.04. The minimum atomic E-state index is 0.683. The van der Waals surface area contributed by atoms with E-state index in [1.807, 2.05) is 31.2 Å². The first-order valence-electron chi connectivity index (χ1n) is 5.93. The molecule has 94 valence electrons. The summed E-state index contributed by atoms with van der Waals surface area (Å²) in [5.41, 5.74) is 3.36. The van der Waals surface area contributed by atoms with E-state index < -0.39 is 0 Å². The molecule has 0 fully saturated rings. The third-order valence-corrected chi connectivity index (χ3v) is 3.55. The molecule has 0 saturated carbocycles. The van der Waals surface area contributed by atoms with Crippen LogP contribution in [0.1, 0.15) is 29.6 Å². The van der Waals surface area contributed by atoms with Gasteiger partial charge >= 0.3 is 0 Å². The van der Waals surface area contributed by atoms with Crippen LogP contribution in [0.25, 0.3) is 0 Å². The van der Waals surface area contributed by atoms with Gasteiger partial charge in [-0.2, -0.15) is 0 Å². The second-order valence-electron chi connectivity index (χ2n) is 4.25. The third-order valence-electron chi connectivity index (χ3n) is 2.92. The van der Waals surface area contributed by atoms with Gasteiger partial charge in [-0.15, -0.1) is 0 Å². The maximum Gasteiger partial charge on any atom is 0.132 e. The number of halogens is 1. The van der Waals surface area contributed by atoms with Gasteiger partial charge < -0.3 is 4.98 Å². The van der Waals surface area contributed by atoms with E-state index in [4.69, 9.17) is 23.8 Å². The standard InChI is InChI=1S/C14H15ClN2S/c1-3-12-9(2)14(18)17-13(16-12)8-10-5-4-6-11(15)7-10/h4-7H,3,8H2,1-2H3,(H,16,17,18). The summed E-state index contributed by atoms with van der Waals surface area (Å²) >= 11 is 11.3. The van der Waals surface area contributed by atoms with Gasteiger partial charge in [0.15, 0.2) is 0 Å². The topological polar surface area (TPSA) is 28.7 Å². The maximum atomic E-state index is 5.97. The molecule has 0 radical (unpaired) electrons. The number of hydrogen-bond donors (Lipinski definition) is 1. The van der Waals surface area contributed by atoms with Gasteiger partial charge in [-0.3, -0.25) is 0 Å². The van der Waals surface area contributed by atoms with Crippen LogP contribution in [0.5, 0.6) is 0 Å². The molecule has 2 aromatic rings. The van der Waals surface area contributed by atoms with E-state index in [9.17, 15) is 0 Å². The van der Waals surface area contributed by atoms with Crippen LogP contribution in [0.3, 0.4) is 0 Å². The van der Waals surface area contributed by atoms with Crippen molar-refractivity contribution < 1.29 is 0 Å². The molecule has 4 heteroatoms. The molecule has 0 spiro atoms. The minimum absolute atomic E-state index is 0.683. The molecule has 0 saturated heterocycles. The number of aryl methyl sites for hydroxylation is 1. The summed E-state index contributed by atoms with van der Waals surface area (Å²) in [6, 6.07) is 7.80. The summed E-state index contributed by atoms with van der Waals surface area (Å²) < 4.78 is 0.683. The summed E-state index contributed by atoms with van der Waals surface area (Å²) in [6.07, 6.45) is 1.65. The van der Waals surface area contributed by atoms with E-state index in [1.165, 1.54) is 0 Å². The number of aromatic amines is 1. The highest BCUT2D eigenvalue weighted by atomic mass is 35.5. The first-order chi connectivity index (χ1) is 8.60. The lowest BCUT2D eigenvalue weighted by atomic mass is 10.1. The Morgan fingerprint density at radius 2 is 2.17 bits per heavy atom. The molecule has 0 bridgehead atoms. The Kier molecular flexibility index (Phi) is 4.15. The van der Waals surface area contributed by atoms with Crippen LogP contribution in [0, 0.1) is 11.6 Å². The summed E-state index contributed by atoms with van der Waals surface area (Å²) in [6.45, 7) is 4.12. The third kappa shape index (κ3) is 2.98. The number of rotatable bonds is 3. The molecule has 0 aliphatic rings. The van der Waals surface area contributed by atoms with Crippen molar-refractivity contribution in [3.05, 3.63) is 56.6 Å². The van der Waals surface area contributed by atoms with E-state index in [0.717, 1.165) is 40.5 Å². The molecule has 0 aliphatic heterocycles. The van der Waals surface area contributed by atoms with Crippen LogP contribution >= 0.6 is 23.8 Å². The smallest absolute Gasteiger partial charge is 0.132 e. The highest BCUT2D eigenvalue weighted by molar-refractivity contribution is 7.71. The van der Waals surface area contributed by atoms with Gasteiger partial charge in [-0.1, -0.05) is 42.9 Å². The Hall–Kier alpha value is -1.19. The molecule has 1 aromatic carbocycles. The molecule has 18 heavy (non-hydrogen) atoms. The number of hydrogen-bond acceptors (Lipinski definition) is 2. The van der Waals surface area contributed by atoms with Crippen LogP contribution in [-0.2, 0) is 12.8 Å². The monoisotopic (exact) mass is 278 g/mol. The van der Waals surface area contributed by atoms with Gasteiger partial charge in [0.05, 0.1) is 0 Å². The van der Waals surface area contributed by atoms with Gasteiger partial charge in [-0.25, -0.2) is 4.98 Å². The van der Waals surface area contributed by atoms with Crippen molar-refractivity contribution >= 4 is 23.8 Å². The maximum absolute atomic E-state index is 5.97. The molecule has 1 N–H and O–H groups in total. The second-order valence-corrected chi connectivity index (χ2v) is 5.08. The highest BCUT2D eigenvalue weighted by Crippen LogP contribution is 2.14. The summed E-state index contributed by atoms with van der Waals surface area (Å²) in [4.78, 5) is 7.77. The van der Waals surface area contributed by atoms with Gasteiger partial charge in [-0.05, 0) is 31.0 Å². The normalized spacial score (nSPS) is 10.6. The van der Waals surface area contributed by atoms with E-state index >= 15 is 0 Å². The zero-order chi connectivity index (χ0) is 13.1. The first-order valence-corrected chi connectivity index (χ1v) is 6.72. The van der Waals surface area contributed by atoms with Crippen molar-refractivity contribution in [2.45, 2.75) is 26.7 Å². The second kappa shape index (κ2) is 5.63. The SMILES string of the molecule is CCc1[nH]c(Cc2cccc(Cl)c2)nc(=S)c1C. The molecular weight excluding hydrogens is 264 g/mol. The Morgan fingerprint density at radius 1 is 1.39 bits per heavy atom. The number of nitrogens with one attached hydrogen (secondary N) is 1. The summed E-state index contributed by atoms with van der Waals surface area (Å²) in [5.74, 6) is 0.893. The Balaban J connectivity index is 2.35. The fourth-order valence-corrected chi connectivity index (χ4v) is 2.36. The largest absolute Gasteiger partial charge is 0.347 e. The predicted octanol–water partition coefficient (Wildman–Crippen LogP) is 4.25. The van der Waals surface area contributed by atoms with Crippen molar-refractivity contribution in [2.24, 2.45) is 0 Å². The number of nitrogens with zero attached hydrogens (tertiary/aromatic N) is 1. The van der Waals surface area contributed by atoms with E-state index in [-0.39, 0.29) is 0 Å². The molecule has 0 amide bonds. The van der Waals surface area contributed by atoms with Crippen molar-refractivity contribution in [2.75, 3.05) is 0 Å². The Labute approximate surface area is 117 Å². The van der Waals surface area contributed by atoms with Crippen LogP contribution in [0.15, 0.2) is 24.3 Å². The lowest BCUT2D eigenvalue weighted by molar-refractivity contribution is 0.881.